The molecule has 5 rings (SSSR count). The van der Waals surface area contributed by atoms with Gasteiger partial charge in [-0.1, -0.05) is 55.0 Å². The third-order valence-electron chi connectivity index (χ3n) is 6.81. The van der Waals surface area contributed by atoms with E-state index >= 15 is 0 Å². The van der Waals surface area contributed by atoms with Gasteiger partial charge < -0.3 is 5.32 Å². The molecule has 1 fully saturated rings. The number of piperidine rings is 1. The van der Waals surface area contributed by atoms with Crippen LogP contribution in [0.1, 0.15) is 67.0 Å². The number of likely N-dealkylation sites (tertiary alicyclic amines) is 1. The van der Waals surface area contributed by atoms with Crippen molar-refractivity contribution in [2.75, 3.05) is 13.1 Å². The minimum atomic E-state index is -0.300. The van der Waals surface area contributed by atoms with Crippen molar-refractivity contribution in [1.82, 2.24) is 15.1 Å². The summed E-state index contributed by atoms with van der Waals surface area (Å²) in [6, 6.07) is 22.2. The van der Waals surface area contributed by atoms with Crippen LogP contribution in [0.25, 0.3) is 0 Å². The molecule has 3 aromatic rings. The molecule has 0 aliphatic carbocycles. The Morgan fingerprint density at radius 2 is 1.40 bits per heavy atom. The summed E-state index contributed by atoms with van der Waals surface area (Å²) < 4.78 is 0. The molecule has 0 spiro atoms. The predicted octanol–water partition coefficient (Wildman–Crippen LogP) is 4.40. The van der Waals surface area contributed by atoms with Gasteiger partial charge in [0.25, 0.3) is 17.7 Å². The molecule has 0 unspecified atom stereocenters. The van der Waals surface area contributed by atoms with Crippen LogP contribution >= 0.6 is 0 Å². The fraction of sp³-hybridized carbons (Fsp3) is 0.276. The molecule has 6 heteroatoms. The van der Waals surface area contributed by atoms with E-state index in [1.807, 2.05) is 18.2 Å². The van der Waals surface area contributed by atoms with Gasteiger partial charge in [0.05, 0.1) is 17.7 Å². The zero-order chi connectivity index (χ0) is 24.2. The average Bonchev–Trinajstić information content (AvgIpc) is 3.14. The number of carbonyl (C=O) groups excluding carboxylic acids is 3. The third-order valence-corrected chi connectivity index (χ3v) is 6.81. The lowest BCUT2D eigenvalue weighted by Crippen LogP contribution is -2.30. The van der Waals surface area contributed by atoms with E-state index in [1.165, 1.54) is 29.7 Å². The monoisotopic (exact) mass is 467 g/mol. The molecule has 0 bridgehead atoms. The van der Waals surface area contributed by atoms with Crippen LogP contribution in [0.2, 0.25) is 0 Å². The second-order valence-electron chi connectivity index (χ2n) is 9.23. The molecule has 6 nitrogen and oxygen atoms in total. The molecule has 0 atom stereocenters. The number of amides is 3. The smallest absolute Gasteiger partial charge is 0.261 e. The van der Waals surface area contributed by atoms with E-state index in [0.717, 1.165) is 30.8 Å². The molecule has 35 heavy (non-hydrogen) atoms. The van der Waals surface area contributed by atoms with E-state index in [4.69, 9.17) is 0 Å². The molecule has 0 saturated carbocycles. The molecule has 1 saturated heterocycles. The maximum absolute atomic E-state index is 12.9. The van der Waals surface area contributed by atoms with Crippen molar-refractivity contribution in [3.8, 4) is 0 Å². The van der Waals surface area contributed by atoms with Crippen LogP contribution in [-0.2, 0) is 19.6 Å². The number of rotatable bonds is 7. The summed E-state index contributed by atoms with van der Waals surface area (Å²) in [5, 5.41) is 3.04. The molecule has 3 aromatic carbocycles. The van der Waals surface area contributed by atoms with E-state index in [2.05, 4.69) is 22.3 Å². The minimum absolute atomic E-state index is 0.131. The number of carbonyl (C=O) groups is 3. The summed E-state index contributed by atoms with van der Waals surface area (Å²) in [5.41, 5.74) is 4.46. The Kier molecular flexibility index (Phi) is 6.73. The quantitative estimate of drug-likeness (QED) is 0.523. The molecule has 3 amide bonds. The number of benzene rings is 3. The third kappa shape index (κ3) is 5.03. The summed E-state index contributed by atoms with van der Waals surface area (Å²) in [6.07, 6.45) is 3.80. The fourth-order valence-corrected chi connectivity index (χ4v) is 4.90. The van der Waals surface area contributed by atoms with Crippen molar-refractivity contribution in [1.29, 1.82) is 0 Å². The Morgan fingerprint density at radius 1 is 0.743 bits per heavy atom. The second-order valence-corrected chi connectivity index (χ2v) is 9.23. The maximum atomic E-state index is 12.9. The van der Waals surface area contributed by atoms with Crippen molar-refractivity contribution in [2.24, 2.45) is 0 Å². The van der Waals surface area contributed by atoms with Crippen LogP contribution < -0.4 is 5.32 Å². The normalized spacial score (nSPS) is 15.8. The zero-order valence-electron chi connectivity index (χ0n) is 19.7. The van der Waals surface area contributed by atoms with Crippen LogP contribution in [0.15, 0.2) is 72.8 Å². The molecule has 2 aliphatic rings. The molecule has 0 aromatic heterocycles. The molecule has 178 valence electrons. The Labute approximate surface area is 205 Å². The molecule has 2 aliphatic heterocycles. The zero-order valence-corrected chi connectivity index (χ0v) is 19.7. The van der Waals surface area contributed by atoms with E-state index in [9.17, 15) is 14.4 Å². The first-order valence-corrected chi connectivity index (χ1v) is 12.2. The minimum Gasteiger partial charge on any atom is -0.348 e. The number of imide groups is 1. The Balaban J connectivity index is 1.23. The highest BCUT2D eigenvalue weighted by atomic mass is 16.2. The summed E-state index contributed by atoms with van der Waals surface area (Å²) in [4.78, 5) is 42.0. The van der Waals surface area contributed by atoms with Gasteiger partial charge in [0.2, 0.25) is 0 Å². The van der Waals surface area contributed by atoms with Crippen molar-refractivity contribution in [3.63, 3.8) is 0 Å². The summed E-state index contributed by atoms with van der Waals surface area (Å²) in [5.74, 6) is -0.779. The number of hydrogen-bond acceptors (Lipinski definition) is 4. The van der Waals surface area contributed by atoms with Crippen LogP contribution in [0.5, 0.6) is 0 Å². The Bertz CT molecular complexity index is 1230. The second kappa shape index (κ2) is 10.2. The lowest BCUT2D eigenvalue weighted by atomic mass is 10.0. The van der Waals surface area contributed by atoms with Crippen LogP contribution in [0.3, 0.4) is 0 Å². The van der Waals surface area contributed by atoms with E-state index in [1.54, 1.807) is 42.5 Å². The number of nitrogens with one attached hydrogen (secondary N) is 1. The van der Waals surface area contributed by atoms with Crippen molar-refractivity contribution < 1.29 is 14.4 Å². The van der Waals surface area contributed by atoms with Crippen molar-refractivity contribution in [2.45, 2.75) is 38.9 Å². The average molecular weight is 468 g/mol. The van der Waals surface area contributed by atoms with Gasteiger partial charge in [-0.2, -0.15) is 0 Å². The lowest BCUT2D eigenvalue weighted by molar-refractivity contribution is 0.0642. The van der Waals surface area contributed by atoms with Gasteiger partial charge >= 0.3 is 0 Å². The molecular formula is C29H29N3O3. The molecular weight excluding hydrogens is 438 g/mol. The van der Waals surface area contributed by atoms with Gasteiger partial charge in [0.1, 0.15) is 0 Å². The molecule has 1 N–H and O–H groups in total. The van der Waals surface area contributed by atoms with Crippen LogP contribution in [0.4, 0.5) is 0 Å². The summed E-state index contributed by atoms with van der Waals surface area (Å²) in [7, 11) is 0. The van der Waals surface area contributed by atoms with Gasteiger partial charge in [-0.3, -0.25) is 24.2 Å². The van der Waals surface area contributed by atoms with Crippen LogP contribution in [0, 0.1) is 0 Å². The highest BCUT2D eigenvalue weighted by Gasteiger charge is 2.35. The van der Waals surface area contributed by atoms with E-state index < -0.39 is 0 Å². The highest BCUT2D eigenvalue weighted by Crippen LogP contribution is 2.24. The van der Waals surface area contributed by atoms with Gasteiger partial charge in [0.15, 0.2) is 0 Å². The number of nitrogens with zero attached hydrogens (tertiary/aromatic N) is 2. The summed E-state index contributed by atoms with van der Waals surface area (Å²) in [6.45, 7) is 3.74. The summed E-state index contributed by atoms with van der Waals surface area (Å²) >= 11 is 0. The highest BCUT2D eigenvalue weighted by molar-refractivity contribution is 6.21. The maximum Gasteiger partial charge on any atom is 0.261 e. The topological polar surface area (TPSA) is 69.7 Å². The molecule has 0 radical (unpaired) electrons. The van der Waals surface area contributed by atoms with E-state index in [0.29, 0.717) is 23.2 Å². The number of hydrogen-bond donors (Lipinski definition) is 1. The van der Waals surface area contributed by atoms with Crippen LogP contribution in [-0.4, -0.2) is 40.6 Å². The van der Waals surface area contributed by atoms with Crippen molar-refractivity contribution in [3.05, 3.63) is 106 Å². The first kappa shape index (κ1) is 23.0. The van der Waals surface area contributed by atoms with Gasteiger partial charge in [-0.25, -0.2) is 0 Å². The Morgan fingerprint density at radius 3 is 2.11 bits per heavy atom. The SMILES string of the molecule is O=C(NCc1ccccc1CN1CCCCC1)c1cccc(CN2C(=O)c3ccccc3C2=O)c1. The largest absolute Gasteiger partial charge is 0.348 e. The number of fused-ring (bicyclic) bond motifs is 1. The lowest BCUT2D eigenvalue weighted by Gasteiger charge is -2.27. The molecule has 2 heterocycles. The van der Waals surface area contributed by atoms with Gasteiger partial charge in [0, 0.05) is 18.7 Å². The fourth-order valence-electron chi connectivity index (χ4n) is 4.90. The van der Waals surface area contributed by atoms with Gasteiger partial charge in [-0.15, -0.1) is 0 Å². The predicted molar refractivity (Wildman–Crippen MR) is 134 cm³/mol. The first-order chi connectivity index (χ1) is 17.1. The standard InChI is InChI=1S/C29H29N3O3/c33-27(30-18-23-10-2-3-11-24(23)20-31-15-6-1-7-16-31)22-12-8-9-21(17-22)19-32-28(34)25-13-4-5-14-26(25)29(32)35/h2-5,8-14,17H,1,6-7,15-16,18-20H2,(H,30,33). The first-order valence-electron chi connectivity index (χ1n) is 12.2. The van der Waals surface area contributed by atoms with E-state index in [-0.39, 0.29) is 24.3 Å². The van der Waals surface area contributed by atoms with Gasteiger partial charge in [-0.05, 0) is 66.9 Å². The van der Waals surface area contributed by atoms with Crippen molar-refractivity contribution >= 4 is 17.7 Å². The Hall–Kier alpha value is -3.77.